The van der Waals surface area contributed by atoms with Crippen molar-refractivity contribution in [3.05, 3.63) is 124 Å². The molecule has 0 atom stereocenters. The molecule has 2 N–H and O–H groups in total. The average Bonchev–Trinajstić information content (AvgIpc) is 2.94. The zero-order chi connectivity index (χ0) is 28.7. The fraction of sp³-hybridized carbons (Fsp3) is 0.161. The Morgan fingerprint density at radius 1 is 0.850 bits per heavy atom. The topological polar surface area (TPSA) is 95.6 Å². The molecule has 0 bridgehead atoms. The van der Waals surface area contributed by atoms with Gasteiger partial charge in [0.05, 0.1) is 21.8 Å². The molecule has 0 radical (unpaired) electrons. The number of hydrogen-bond donors (Lipinski definition) is 2. The van der Waals surface area contributed by atoms with E-state index in [-0.39, 0.29) is 27.7 Å². The number of hydrogen-bond acceptors (Lipinski definition) is 4. The smallest absolute Gasteiger partial charge is 0.264 e. The number of amides is 2. The first kappa shape index (κ1) is 28.9. The zero-order valence-corrected chi connectivity index (χ0v) is 23.8. The molecule has 0 aliphatic heterocycles. The molecule has 2 amide bonds. The first-order chi connectivity index (χ1) is 19.1. The normalized spacial score (nSPS) is 11.1. The van der Waals surface area contributed by atoms with Crippen LogP contribution < -0.4 is 14.9 Å². The SMILES string of the molecule is Cc1ccc(S(=O)(=O)N(CC(=O)Nc2ccccc2C(=O)NCCc2ccccc2)c2ccc(C)c(Cl)c2)cc1. The second-order valence-electron chi connectivity index (χ2n) is 9.34. The Morgan fingerprint density at radius 2 is 1.52 bits per heavy atom. The average molecular weight is 576 g/mol. The Hall–Kier alpha value is -4.14. The lowest BCUT2D eigenvalue weighted by Crippen LogP contribution is -2.38. The number of rotatable bonds is 10. The van der Waals surface area contributed by atoms with Crippen molar-refractivity contribution in [2.45, 2.75) is 25.2 Å². The number of carbonyl (C=O) groups is 2. The Morgan fingerprint density at radius 3 is 2.23 bits per heavy atom. The molecule has 7 nitrogen and oxygen atoms in total. The van der Waals surface area contributed by atoms with E-state index < -0.39 is 22.5 Å². The van der Waals surface area contributed by atoms with Gasteiger partial charge in [-0.3, -0.25) is 13.9 Å². The van der Waals surface area contributed by atoms with Gasteiger partial charge in [0.1, 0.15) is 6.54 Å². The maximum absolute atomic E-state index is 13.7. The molecule has 0 saturated carbocycles. The molecule has 0 aliphatic rings. The van der Waals surface area contributed by atoms with Crippen molar-refractivity contribution in [2.75, 3.05) is 22.7 Å². The lowest BCUT2D eigenvalue weighted by molar-refractivity contribution is -0.114. The number of carbonyl (C=O) groups excluding carboxylic acids is 2. The van der Waals surface area contributed by atoms with Crippen molar-refractivity contribution in [3.63, 3.8) is 0 Å². The van der Waals surface area contributed by atoms with E-state index in [1.807, 2.05) is 37.3 Å². The fourth-order valence-electron chi connectivity index (χ4n) is 4.06. The van der Waals surface area contributed by atoms with Crippen LogP contribution >= 0.6 is 11.6 Å². The number of anilines is 2. The molecule has 9 heteroatoms. The highest BCUT2D eigenvalue weighted by atomic mass is 35.5. The standard InChI is InChI=1S/C31H30ClN3O4S/c1-22-12-16-26(17-13-22)40(38,39)35(25-15-14-23(2)28(32)20-25)21-30(36)34-29-11-7-6-10-27(29)31(37)33-19-18-24-8-4-3-5-9-24/h3-17,20H,18-19,21H2,1-2H3,(H,33,37)(H,34,36). The second-order valence-corrected chi connectivity index (χ2v) is 11.6. The Kier molecular flexibility index (Phi) is 9.24. The van der Waals surface area contributed by atoms with Crippen LogP contribution in [0.1, 0.15) is 27.0 Å². The van der Waals surface area contributed by atoms with Gasteiger partial charge in [-0.1, -0.05) is 77.8 Å². The quantitative estimate of drug-likeness (QED) is 0.251. The van der Waals surface area contributed by atoms with Crippen LogP contribution in [0.15, 0.2) is 102 Å². The number of nitrogens with zero attached hydrogens (tertiary/aromatic N) is 1. The monoisotopic (exact) mass is 575 g/mol. The summed E-state index contributed by atoms with van der Waals surface area (Å²) in [5.74, 6) is -0.960. The number of benzene rings is 4. The van der Waals surface area contributed by atoms with E-state index in [2.05, 4.69) is 10.6 Å². The van der Waals surface area contributed by atoms with Crippen molar-refractivity contribution >= 4 is 44.8 Å². The lowest BCUT2D eigenvalue weighted by Gasteiger charge is -2.25. The van der Waals surface area contributed by atoms with Crippen LogP contribution in [-0.2, 0) is 21.2 Å². The van der Waals surface area contributed by atoms with Gasteiger partial charge in [0, 0.05) is 11.6 Å². The minimum atomic E-state index is -4.12. The minimum absolute atomic E-state index is 0.0424. The molecule has 4 rings (SSSR count). The van der Waals surface area contributed by atoms with E-state index in [1.54, 1.807) is 55.5 Å². The van der Waals surface area contributed by atoms with E-state index in [4.69, 9.17) is 11.6 Å². The van der Waals surface area contributed by atoms with Gasteiger partial charge in [0.2, 0.25) is 5.91 Å². The summed E-state index contributed by atoms with van der Waals surface area (Å²) in [7, 11) is -4.12. The second kappa shape index (κ2) is 12.8. The van der Waals surface area contributed by atoms with E-state index in [0.29, 0.717) is 18.0 Å². The number of halogens is 1. The fourth-order valence-corrected chi connectivity index (χ4v) is 5.65. The van der Waals surface area contributed by atoms with Crippen molar-refractivity contribution in [3.8, 4) is 0 Å². The van der Waals surface area contributed by atoms with Crippen molar-refractivity contribution < 1.29 is 18.0 Å². The van der Waals surface area contributed by atoms with Crippen LogP contribution in [0.2, 0.25) is 5.02 Å². The summed E-state index contributed by atoms with van der Waals surface area (Å²) < 4.78 is 28.4. The number of aryl methyl sites for hydroxylation is 2. The third-order valence-corrected chi connectivity index (χ3v) is 8.52. The van der Waals surface area contributed by atoms with Gasteiger partial charge in [-0.25, -0.2) is 8.42 Å². The molecule has 4 aromatic rings. The zero-order valence-electron chi connectivity index (χ0n) is 22.2. The summed E-state index contributed by atoms with van der Waals surface area (Å²) in [4.78, 5) is 26.3. The number of nitrogens with one attached hydrogen (secondary N) is 2. The summed E-state index contributed by atoms with van der Waals surface area (Å²) in [5.41, 5.74) is 3.57. The van der Waals surface area contributed by atoms with E-state index in [0.717, 1.165) is 21.0 Å². The number of para-hydroxylation sites is 1. The largest absolute Gasteiger partial charge is 0.352 e. The Bertz CT molecular complexity index is 1610. The van der Waals surface area contributed by atoms with Crippen LogP contribution in [0.5, 0.6) is 0 Å². The molecule has 0 aromatic heterocycles. The van der Waals surface area contributed by atoms with Crippen molar-refractivity contribution in [2.24, 2.45) is 0 Å². The molecule has 0 spiro atoms. The maximum Gasteiger partial charge on any atom is 0.264 e. The highest BCUT2D eigenvalue weighted by Gasteiger charge is 2.28. The molecule has 4 aromatic carbocycles. The van der Waals surface area contributed by atoms with Gasteiger partial charge in [0.25, 0.3) is 15.9 Å². The predicted octanol–water partition coefficient (Wildman–Crippen LogP) is 5.76. The van der Waals surface area contributed by atoms with Crippen molar-refractivity contribution in [1.82, 2.24) is 5.32 Å². The number of sulfonamides is 1. The van der Waals surface area contributed by atoms with Crippen LogP contribution in [0.25, 0.3) is 0 Å². The Balaban J connectivity index is 1.54. The third-order valence-electron chi connectivity index (χ3n) is 6.33. The summed E-state index contributed by atoms with van der Waals surface area (Å²) in [6.45, 7) is 3.55. The van der Waals surface area contributed by atoms with Gasteiger partial charge in [-0.05, 0) is 67.8 Å². The highest BCUT2D eigenvalue weighted by molar-refractivity contribution is 7.92. The van der Waals surface area contributed by atoms with E-state index in [1.165, 1.54) is 18.2 Å². The molecule has 0 fully saturated rings. The first-order valence-electron chi connectivity index (χ1n) is 12.7. The van der Waals surface area contributed by atoms with Crippen LogP contribution in [0, 0.1) is 13.8 Å². The van der Waals surface area contributed by atoms with Crippen molar-refractivity contribution in [1.29, 1.82) is 0 Å². The van der Waals surface area contributed by atoms with Gasteiger partial charge >= 0.3 is 0 Å². The van der Waals surface area contributed by atoms with Crippen LogP contribution in [-0.4, -0.2) is 33.3 Å². The molecule has 0 heterocycles. The summed E-state index contributed by atoms with van der Waals surface area (Å²) in [5, 5.41) is 5.97. The molecular weight excluding hydrogens is 546 g/mol. The summed E-state index contributed by atoms with van der Waals surface area (Å²) in [6, 6.07) is 27.6. The van der Waals surface area contributed by atoms with E-state index >= 15 is 0 Å². The van der Waals surface area contributed by atoms with Gasteiger partial charge in [-0.15, -0.1) is 0 Å². The third kappa shape index (κ3) is 7.08. The van der Waals surface area contributed by atoms with Gasteiger partial charge in [-0.2, -0.15) is 0 Å². The maximum atomic E-state index is 13.7. The molecule has 206 valence electrons. The summed E-state index contributed by atoms with van der Waals surface area (Å²) in [6.07, 6.45) is 0.659. The molecule has 0 aliphatic carbocycles. The first-order valence-corrected chi connectivity index (χ1v) is 14.5. The van der Waals surface area contributed by atoms with Crippen LogP contribution in [0.3, 0.4) is 0 Å². The highest BCUT2D eigenvalue weighted by Crippen LogP contribution is 2.28. The molecule has 40 heavy (non-hydrogen) atoms. The predicted molar refractivity (Wildman–Crippen MR) is 159 cm³/mol. The van der Waals surface area contributed by atoms with Crippen LogP contribution in [0.4, 0.5) is 11.4 Å². The molecule has 0 unspecified atom stereocenters. The van der Waals surface area contributed by atoms with Gasteiger partial charge in [0.15, 0.2) is 0 Å². The Labute approximate surface area is 239 Å². The van der Waals surface area contributed by atoms with E-state index in [9.17, 15) is 18.0 Å². The summed E-state index contributed by atoms with van der Waals surface area (Å²) >= 11 is 6.31. The minimum Gasteiger partial charge on any atom is -0.352 e. The molecular formula is C31H30ClN3O4S. The van der Waals surface area contributed by atoms with Gasteiger partial charge < -0.3 is 10.6 Å². The lowest BCUT2D eigenvalue weighted by atomic mass is 10.1. The molecule has 0 saturated heterocycles.